The summed E-state index contributed by atoms with van der Waals surface area (Å²) >= 11 is 0. The molecule has 0 saturated carbocycles. The van der Waals surface area contributed by atoms with E-state index in [1.54, 1.807) is 12.1 Å². The minimum absolute atomic E-state index is 0.236. The molecule has 1 heterocycles. The molecule has 2 N–H and O–H groups in total. The first-order valence-corrected chi connectivity index (χ1v) is 5.71. The number of anilines is 1. The third-order valence-corrected chi connectivity index (χ3v) is 1.99. The molecule has 0 aliphatic rings. The van der Waals surface area contributed by atoms with Crippen molar-refractivity contribution >= 4 is 11.7 Å². The predicted octanol–water partition coefficient (Wildman–Crippen LogP) is 0.675. The first-order valence-electron chi connectivity index (χ1n) is 5.71. The van der Waals surface area contributed by atoms with Gasteiger partial charge in [0.05, 0.1) is 6.61 Å². The second kappa shape index (κ2) is 7.56. The van der Waals surface area contributed by atoms with Crippen LogP contribution in [0, 0.1) is 0 Å². The molecule has 0 atom stereocenters. The first-order chi connectivity index (χ1) is 8.27. The Bertz CT molecular complexity index is 340. The molecule has 94 valence electrons. The summed E-state index contributed by atoms with van der Waals surface area (Å²) in [6.07, 6.45) is 0. The fourth-order valence-electron chi connectivity index (χ4n) is 1.20. The lowest BCUT2D eigenvalue weighted by Gasteiger charge is -2.05. The smallest absolute Gasteiger partial charge is 0.271 e. The number of nitrogens with zero attached hydrogens (tertiary/aromatic N) is 2. The molecule has 0 spiro atoms. The molecule has 17 heavy (non-hydrogen) atoms. The van der Waals surface area contributed by atoms with Gasteiger partial charge >= 0.3 is 0 Å². The second-order valence-corrected chi connectivity index (χ2v) is 3.29. The Labute approximate surface area is 101 Å². The van der Waals surface area contributed by atoms with Crippen LogP contribution in [0.2, 0.25) is 0 Å². The van der Waals surface area contributed by atoms with Crippen molar-refractivity contribution in [2.45, 2.75) is 13.8 Å². The molecule has 0 unspecified atom stereocenters. The Kier molecular flexibility index (Phi) is 5.95. The van der Waals surface area contributed by atoms with E-state index < -0.39 is 0 Å². The van der Waals surface area contributed by atoms with E-state index in [1.807, 2.05) is 13.8 Å². The van der Waals surface area contributed by atoms with E-state index in [0.717, 1.165) is 6.54 Å². The molecular weight excluding hydrogens is 220 g/mol. The molecule has 6 heteroatoms. The standard InChI is InChI=1S/C11H18N4O2/c1-3-12-10-6-5-9(14-15-10)11(16)13-7-8-17-4-2/h5-6H,3-4,7-8H2,1-2H3,(H,12,15)(H,13,16). The van der Waals surface area contributed by atoms with Gasteiger partial charge in [-0.3, -0.25) is 4.79 Å². The fraction of sp³-hybridized carbons (Fsp3) is 0.545. The minimum atomic E-state index is -0.236. The maximum Gasteiger partial charge on any atom is 0.271 e. The normalized spacial score (nSPS) is 10.0. The number of rotatable bonds is 7. The third-order valence-electron chi connectivity index (χ3n) is 1.99. The summed E-state index contributed by atoms with van der Waals surface area (Å²) < 4.78 is 5.11. The number of hydrogen-bond donors (Lipinski definition) is 2. The van der Waals surface area contributed by atoms with E-state index in [2.05, 4.69) is 20.8 Å². The maximum absolute atomic E-state index is 11.6. The van der Waals surface area contributed by atoms with Crippen LogP contribution in [0.5, 0.6) is 0 Å². The highest BCUT2D eigenvalue weighted by molar-refractivity contribution is 5.92. The quantitative estimate of drug-likeness (QED) is 0.683. The molecule has 1 amide bonds. The van der Waals surface area contributed by atoms with Gasteiger partial charge in [-0.2, -0.15) is 0 Å². The Balaban J connectivity index is 2.40. The number of nitrogens with one attached hydrogen (secondary N) is 2. The third kappa shape index (κ3) is 4.78. The van der Waals surface area contributed by atoms with Crippen LogP contribution >= 0.6 is 0 Å². The largest absolute Gasteiger partial charge is 0.380 e. The summed E-state index contributed by atoms with van der Waals surface area (Å²) in [5.41, 5.74) is 0.308. The zero-order valence-electron chi connectivity index (χ0n) is 10.2. The monoisotopic (exact) mass is 238 g/mol. The highest BCUT2D eigenvalue weighted by atomic mass is 16.5. The van der Waals surface area contributed by atoms with Crippen molar-refractivity contribution < 1.29 is 9.53 Å². The van der Waals surface area contributed by atoms with Crippen molar-refractivity contribution in [3.05, 3.63) is 17.8 Å². The van der Waals surface area contributed by atoms with Crippen LogP contribution < -0.4 is 10.6 Å². The second-order valence-electron chi connectivity index (χ2n) is 3.29. The average molecular weight is 238 g/mol. The Morgan fingerprint density at radius 1 is 1.35 bits per heavy atom. The molecule has 0 aliphatic heterocycles. The lowest BCUT2D eigenvalue weighted by molar-refractivity contribution is 0.0917. The summed E-state index contributed by atoms with van der Waals surface area (Å²) in [5, 5.41) is 13.4. The van der Waals surface area contributed by atoms with Gasteiger partial charge in [-0.05, 0) is 26.0 Å². The topological polar surface area (TPSA) is 76.1 Å². The Morgan fingerprint density at radius 3 is 2.76 bits per heavy atom. The Morgan fingerprint density at radius 2 is 2.18 bits per heavy atom. The van der Waals surface area contributed by atoms with E-state index in [9.17, 15) is 4.79 Å². The minimum Gasteiger partial charge on any atom is -0.380 e. The lowest BCUT2D eigenvalue weighted by Crippen LogP contribution is -2.28. The molecule has 0 radical (unpaired) electrons. The number of ether oxygens (including phenoxy) is 1. The molecule has 1 aromatic heterocycles. The summed E-state index contributed by atoms with van der Waals surface area (Å²) in [4.78, 5) is 11.6. The van der Waals surface area contributed by atoms with Crippen molar-refractivity contribution in [3.8, 4) is 0 Å². The molecule has 0 fully saturated rings. The van der Waals surface area contributed by atoms with Gasteiger partial charge < -0.3 is 15.4 Å². The maximum atomic E-state index is 11.6. The van der Waals surface area contributed by atoms with E-state index >= 15 is 0 Å². The van der Waals surface area contributed by atoms with E-state index in [4.69, 9.17) is 4.74 Å². The summed E-state index contributed by atoms with van der Waals surface area (Å²) in [6.45, 7) is 6.28. The van der Waals surface area contributed by atoms with Crippen molar-refractivity contribution in [3.63, 3.8) is 0 Å². The van der Waals surface area contributed by atoms with Gasteiger partial charge in [0.15, 0.2) is 5.69 Å². The highest BCUT2D eigenvalue weighted by Crippen LogP contribution is 2.01. The molecule has 0 bridgehead atoms. The first kappa shape index (κ1) is 13.4. The van der Waals surface area contributed by atoms with Crippen LogP contribution in [0.15, 0.2) is 12.1 Å². The molecule has 0 saturated heterocycles. The molecular formula is C11H18N4O2. The molecule has 1 aromatic rings. The van der Waals surface area contributed by atoms with Crippen molar-refractivity contribution in [1.29, 1.82) is 0 Å². The summed E-state index contributed by atoms with van der Waals surface area (Å²) in [7, 11) is 0. The lowest BCUT2D eigenvalue weighted by atomic mass is 10.3. The molecule has 0 aliphatic carbocycles. The van der Waals surface area contributed by atoms with Gasteiger partial charge in [0.2, 0.25) is 0 Å². The number of hydrogen-bond acceptors (Lipinski definition) is 5. The van der Waals surface area contributed by atoms with Crippen molar-refractivity contribution in [2.24, 2.45) is 0 Å². The van der Waals surface area contributed by atoms with E-state index in [-0.39, 0.29) is 5.91 Å². The van der Waals surface area contributed by atoms with Crippen LogP contribution in [-0.2, 0) is 4.74 Å². The van der Waals surface area contributed by atoms with Crippen LogP contribution in [0.1, 0.15) is 24.3 Å². The van der Waals surface area contributed by atoms with Gasteiger partial charge in [-0.25, -0.2) is 0 Å². The van der Waals surface area contributed by atoms with Crippen LogP contribution in [0.25, 0.3) is 0 Å². The van der Waals surface area contributed by atoms with Crippen LogP contribution in [0.3, 0.4) is 0 Å². The number of carbonyl (C=O) groups is 1. The van der Waals surface area contributed by atoms with Crippen LogP contribution in [-0.4, -0.2) is 42.4 Å². The summed E-state index contributed by atoms with van der Waals surface area (Å²) in [6, 6.07) is 3.37. The van der Waals surface area contributed by atoms with Crippen LogP contribution in [0.4, 0.5) is 5.82 Å². The predicted molar refractivity (Wildman–Crippen MR) is 65.0 cm³/mol. The van der Waals surface area contributed by atoms with Gasteiger partial charge in [0.1, 0.15) is 5.82 Å². The summed E-state index contributed by atoms with van der Waals surface area (Å²) in [5.74, 6) is 0.429. The SMILES string of the molecule is CCNc1ccc(C(=O)NCCOCC)nn1. The highest BCUT2D eigenvalue weighted by Gasteiger charge is 2.06. The van der Waals surface area contributed by atoms with Gasteiger partial charge in [0.25, 0.3) is 5.91 Å². The molecule has 0 aromatic carbocycles. The molecule has 1 rings (SSSR count). The zero-order chi connectivity index (χ0) is 12.5. The van der Waals surface area contributed by atoms with Gasteiger partial charge in [-0.15, -0.1) is 10.2 Å². The van der Waals surface area contributed by atoms with E-state index in [1.165, 1.54) is 0 Å². The van der Waals surface area contributed by atoms with Gasteiger partial charge in [0, 0.05) is 19.7 Å². The number of aromatic nitrogens is 2. The van der Waals surface area contributed by atoms with Crippen molar-refractivity contribution in [2.75, 3.05) is 31.6 Å². The van der Waals surface area contributed by atoms with Gasteiger partial charge in [-0.1, -0.05) is 0 Å². The molecule has 6 nitrogen and oxygen atoms in total. The van der Waals surface area contributed by atoms with Crippen molar-refractivity contribution in [1.82, 2.24) is 15.5 Å². The number of carbonyl (C=O) groups excluding carboxylic acids is 1. The Hall–Kier alpha value is -1.69. The number of amides is 1. The van der Waals surface area contributed by atoms with E-state index in [0.29, 0.717) is 31.3 Å². The fourth-order valence-corrected chi connectivity index (χ4v) is 1.20. The zero-order valence-corrected chi connectivity index (χ0v) is 10.2. The average Bonchev–Trinajstić information content (AvgIpc) is 2.36.